The van der Waals surface area contributed by atoms with Gasteiger partial charge in [-0.25, -0.2) is 0 Å². The Morgan fingerprint density at radius 1 is 0.897 bits per heavy atom. The van der Waals surface area contributed by atoms with E-state index in [1.54, 1.807) is 35.2 Å². The van der Waals surface area contributed by atoms with E-state index in [1.165, 1.54) is 50.0 Å². The van der Waals surface area contributed by atoms with E-state index in [0.29, 0.717) is 10.9 Å². The number of carboxylic acid groups (broad SMARTS) is 2. The van der Waals surface area contributed by atoms with Crippen molar-refractivity contribution in [2.24, 2.45) is 0 Å². The van der Waals surface area contributed by atoms with Crippen LogP contribution in [-0.2, 0) is 19.2 Å². The summed E-state index contributed by atoms with van der Waals surface area (Å²) in [4.78, 5) is 35.0. The standard InChI is InChI=1S/C14H29NO2.C5H11NO2.C2H4O2/c1-4-5-6-7-8-9-10-11-12-13-14(16)17-15(2)3;1-6(2,3)4-5(7)8;1-2(3)4/h4-13H2,1-3H3;4H2,1-3H3;1H3,(H,3,4). The molecule has 8 nitrogen and oxygen atoms in total. The first-order valence-electron chi connectivity index (χ1n) is 10.4. The van der Waals surface area contributed by atoms with E-state index in [9.17, 15) is 14.7 Å². The number of hydrogen-bond donors (Lipinski definition) is 1. The highest BCUT2D eigenvalue weighted by atomic mass is 16.7. The van der Waals surface area contributed by atoms with Gasteiger partial charge >= 0.3 is 5.97 Å². The molecule has 0 saturated heterocycles. The molecular formula is C21H44N2O6. The Bertz CT molecular complexity index is 416. The maximum absolute atomic E-state index is 11.2. The summed E-state index contributed by atoms with van der Waals surface area (Å²) in [7, 11) is 8.86. The lowest BCUT2D eigenvalue weighted by atomic mass is 10.1. The molecule has 8 heteroatoms. The highest BCUT2D eigenvalue weighted by Crippen LogP contribution is 2.10. The SMILES string of the molecule is CC(=O)O.CCCCCCCCCCCC(=O)ON(C)C.C[N+](C)(C)CC(=O)[O-]. The van der Waals surface area contributed by atoms with E-state index in [4.69, 9.17) is 14.7 Å². The van der Waals surface area contributed by atoms with Crippen LogP contribution in [0.2, 0.25) is 0 Å². The molecule has 174 valence electrons. The average Bonchev–Trinajstić information content (AvgIpc) is 2.50. The average molecular weight is 421 g/mol. The Labute approximate surface area is 177 Å². The van der Waals surface area contributed by atoms with Crippen molar-refractivity contribution in [1.82, 2.24) is 5.06 Å². The maximum atomic E-state index is 11.2. The quantitative estimate of drug-likeness (QED) is 0.277. The molecule has 1 N–H and O–H groups in total. The summed E-state index contributed by atoms with van der Waals surface area (Å²) in [6.45, 7) is 3.40. The highest BCUT2D eigenvalue weighted by Gasteiger charge is 2.05. The molecule has 0 unspecified atom stereocenters. The minimum absolute atomic E-state index is 0.0694. The number of aliphatic carboxylic acids is 2. The first-order chi connectivity index (χ1) is 13.3. The summed E-state index contributed by atoms with van der Waals surface area (Å²) in [5.74, 6) is -1.95. The van der Waals surface area contributed by atoms with Crippen molar-refractivity contribution >= 4 is 17.9 Å². The first-order valence-corrected chi connectivity index (χ1v) is 10.4. The fourth-order valence-electron chi connectivity index (χ4n) is 2.22. The topological polar surface area (TPSA) is 107 Å². The Morgan fingerprint density at radius 2 is 1.28 bits per heavy atom. The second-order valence-electron chi connectivity index (χ2n) is 8.19. The molecule has 29 heavy (non-hydrogen) atoms. The summed E-state index contributed by atoms with van der Waals surface area (Å²) < 4.78 is 0.419. The number of likely N-dealkylation sites (N-methyl/N-ethyl adjacent to an activating group) is 1. The number of quaternary nitrogens is 1. The molecule has 0 aromatic carbocycles. The Kier molecular flexibility index (Phi) is 23.2. The van der Waals surface area contributed by atoms with Gasteiger partial charge in [-0.3, -0.25) is 9.59 Å². The second kappa shape index (κ2) is 21.0. The minimum Gasteiger partial charge on any atom is -0.544 e. The number of unbranched alkanes of at least 4 members (excludes halogenated alkanes) is 8. The van der Waals surface area contributed by atoms with Gasteiger partial charge in [0.15, 0.2) is 0 Å². The number of hydrogen-bond acceptors (Lipinski definition) is 6. The van der Waals surface area contributed by atoms with Crippen LogP contribution in [0.15, 0.2) is 0 Å². The molecule has 0 aliphatic carbocycles. The Hall–Kier alpha value is -1.67. The minimum atomic E-state index is -1.00. The molecular weight excluding hydrogens is 376 g/mol. The largest absolute Gasteiger partial charge is 0.544 e. The van der Waals surface area contributed by atoms with Gasteiger partial charge < -0.3 is 24.3 Å². The monoisotopic (exact) mass is 420 g/mol. The third kappa shape index (κ3) is 46.4. The van der Waals surface area contributed by atoms with Crippen molar-refractivity contribution in [3.63, 3.8) is 0 Å². The number of rotatable bonds is 13. The van der Waals surface area contributed by atoms with Crippen LogP contribution in [0.3, 0.4) is 0 Å². The van der Waals surface area contributed by atoms with Gasteiger partial charge in [0.1, 0.15) is 6.54 Å². The predicted octanol–water partition coefficient (Wildman–Crippen LogP) is 2.46. The van der Waals surface area contributed by atoms with Crippen LogP contribution in [0.25, 0.3) is 0 Å². The fourth-order valence-corrected chi connectivity index (χ4v) is 2.22. The normalized spacial score (nSPS) is 10.3. The van der Waals surface area contributed by atoms with Crippen LogP contribution in [0.4, 0.5) is 0 Å². The molecule has 0 aromatic rings. The van der Waals surface area contributed by atoms with Crippen LogP contribution < -0.4 is 5.11 Å². The van der Waals surface area contributed by atoms with Gasteiger partial charge in [-0.1, -0.05) is 58.3 Å². The van der Waals surface area contributed by atoms with E-state index in [0.717, 1.165) is 19.8 Å². The number of carbonyl (C=O) groups is 3. The smallest absolute Gasteiger partial charge is 0.325 e. The lowest BCUT2D eigenvalue weighted by molar-refractivity contribution is -0.864. The van der Waals surface area contributed by atoms with Gasteiger partial charge in [0.2, 0.25) is 0 Å². The van der Waals surface area contributed by atoms with Crippen LogP contribution in [0.5, 0.6) is 0 Å². The number of carboxylic acids is 2. The van der Waals surface area contributed by atoms with Crippen LogP contribution in [0.1, 0.15) is 78.1 Å². The summed E-state index contributed by atoms with van der Waals surface area (Å²) in [6.07, 6.45) is 12.0. The number of hydroxylamine groups is 2. The van der Waals surface area contributed by atoms with Gasteiger partial charge in [-0.15, -0.1) is 5.06 Å². The predicted molar refractivity (Wildman–Crippen MR) is 113 cm³/mol. The van der Waals surface area contributed by atoms with E-state index >= 15 is 0 Å². The molecule has 0 aliphatic rings. The van der Waals surface area contributed by atoms with Gasteiger partial charge in [0, 0.05) is 27.4 Å². The fraction of sp³-hybridized carbons (Fsp3) is 0.857. The van der Waals surface area contributed by atoms with E-state index in [-0.39, 0.29) is 12.5 Å². The molecule has 0 atom stereocenters. The van der Waals surface area contributed by atoms with Gasteiger partial charge in [0.25, 0.3) is 5.97 Å². The van der Waals surface area contributed by atoms with Gasteiger partial charge in [-0.2, -0.15) is 0 Å². The van der Waals surface area contributed by atoms with E-state index < -0.39 is 11.9 Å². The maximum Gasteiger partial charge on any atom is 0.325 e. The molecule has 0 heterocycles. The van der Waals surface area contributed by atoms with Gasteiger partial charge in [-0.05, 0) is 6.42 Å². The lowest BCUT2D eigenvalue weighted by Crippen LogP contribution is -2.45. The van der Waals surface area contributed by atoms with Crippen molar-refractivity contribution < 1.29 is 33.9 Å². The molecule has 0 saturated carbocycles. The van der Waals surface area contributed by atoms with Crippen molar-refractivity contribution in [2.75, 3.05) is 41.8 Å². The zero-order valence-electron chi connectivity index (χ0n) is 19.7. The van der Waals surface area contributed by atoms with Crippen molar-refractivity contribution in [3.8, 4) is 0 Å². The van der Waals surface area contributed by atoms with Gasteiger partial charge in [0.05, 0.1) is 27.1 Å². The van der Waals surface area contributed by atoms with E-state index in [2.05, 4.69) is 6.92 Å². The molecule has 0 aromatic heterocycles. The molecule has 0 amide bonds. The Balaban J connectivity index is -0.000000465. The molecule has 0 radical (unpaired) electrons. The van der Waals surface area contributed by atoms with Crippen molar-refractivity contribution in [1.29, 1.82) is 0 Å². The third-order valence-corrected chi connectivity index (χ3v) is 3.37. The Morgan fingerprint density at radius 3 is 1.55 bits per heavy atom. The lowest BCUT2D eigenvalue weighted by Gasteiger charge is -2.23. The first kappa shape index (κ1) is 32.0. The van der Waals surface area contributed by atoms with Crippen LogP contribution in [-0.4, -0.2) is 74.3 Å². The molecule has 0 fully saturated rings. The zero-order valence-corrected chi connectivity index (χ0v) is 19.7. The van der Waals surface area contributed by atoms with Crippen molar-refractivity contribution in [2.45, 2.75) is 78.1 Å². The summed E-state index contributed by atoms with van der Waals surface area (Å²) in [6, 6.07) is 0. The molecule has 0 rings (SSSR count). The zero-order chi connectivity index (χ0) is 23.3. The van der Waals surface area contributed by atoms with Crippen LogP contribution in [0, 0.1) is 0 Å². The third-order valence-electron chi connectivity index (χ3n) is 3.37. The summed E-state index contributed by atoms with van der Waals surface area (Å²) in [5.41, 5.74) is 0. The van der Waals surface area contributed by atoms with E-state index in [1.807, 2.05) is 0 Å². The molecule has 0 bridgehead atoms. The van der Waals surface area contributed by atoms with Crippen molar-refractivity contribution in [3.05, 3.63) is 0 Å². The highest BCUT2D eigenvalue weighted by molar-refractivity contribution is 5.68. The number of carbonyl (C=O) groups excluding carboxylic acids is 2. The second-order valence-corrected chi connectivity index (χ2v) is 8.19. The summed E-state index contributed by atoms with van der Waals surface area (Å²) in [5, 5.41) is 18.8. The molecule has 0 spiro atoms. The number of nitrogens with zero attached hydrogens (tertiary/aromatic N) is 2. The summed E-state index contributed by atoms with van der Waals surface area (Å²) >= 11 is 0. The van der Waals surface area contributed by atoms with Crippen LogP contribution >= 0.6 is 0 Å². The molecule has 0 aliphatic heterocycles.